The van der Waals surface area contributed by atoms with Crippen molar-refractivity contribution in [1.82, 2.24) is 14.9 Å². The number of nitrogens with zero attached hydrogens (tertiary/aromatic N) is 2. The van der Waals surface area contributed by atoms with Gasteiger partial charge in [-0.2, -0.15) is 0 Å². The van der Waals surface area contributed by atoms with Crippen LogP contribution in [0.2, 0.25) is 0 Å². The van der Waals surface area contributed by atoms with Crippen LogP contribution in [0, 0.1) is 0 Å². The Labute approximate surface area is 103 Å². The van der Waals surface area contributed by atoms with Crippen LogP contribution in [-0.4, -0.2) is 22.6 Å². The Morgan fingerprint density at radius 1 is 1.12 bits per heavy atom. The van der Waals surface area contributed by atoms with Crippen molar-refractivity contribution in [3.8, 4) is 0 Å². The van der Waals surface area contributed by atoms with Gasteiger partial charge in [-0.25, -0.2) is 4.98 Å². The van der Waals surface area contributed by atoms with E-state index in [0.29, 0.717) is 0 Å². The first-order valence-corrected chi connectivity index (χ1v) is 6.15. The Bertz CT molecular complexity index is 395. The Hall–Kier alpha value is -1.61. The highest BCUT2D eigenvalue weighted by atomic mass is 15.0. The predicted octanol–water partition coefficient (Wildman–Crippen LogP) is 2.11. The number of aromatic nitrogens is 2. The molecule has 17 heavy (non-hydrogen) atoms. The topological polar surface area (TPSA) is 29.9 Å². The first kappa shape index (κ1) is 11.9. The van der Waals surface area contributed by atoms with Crippen molar-refractivity contribution in [2.75, 3.05) is 13.1 Å². The number of hydrogen-bond acceptors (Lipinski definition) is 2. The van der Waals surface area contributed by atoms with Gasteiger partial charge in [0.1, 0.15) is 0 Å². The van der Waals surface area contributed by atoms with E-state index in [4.69, 9.17) is 0 Å². The van der Waals surface area contributed by atoms with E-state index in [-0.39, 0.29) is 0 Å². The summed E-state index contributed by atoms with van der Waals surface area (Å²) in [5.74, 6) is 0. The van der Waals surface area contributed by atoms with Crippen LogP contribution in [0.15, 0.2) is 49.1 Å². The summed E-state index contributed by atoms with van der Waals surface area (Å²) in [6, 6.07) is 10.6. The first-order chi connectivity index (χ1) is 8.45. The Morgan fingerprint density at radius 3 is 2.76 bits per heavy atom. The molecule has 3 heteroatoms. The van der Waals surface area contributed by atoms with E-state index in [1.165, 1.54) is 12.0 Å². The number of imidazole rings is 1. The molecule has 0 fully saturated rings. The maximum absolute atomic E-state index is 4.01. The Morgan fingerprint density at radius 2 is 2.00 bits per heavy atom. The summed E-state index contributed by atoms with van der Waals surface area (Å²) in [6.45, 7) is 3.07. The number of rotatable bonds is 7. The molecule has 0 atom stereocenters. The molecule has 2 rings (SSSR count). The minimum atomic E-state index is 0.991. The Balaban J connectivity index is 1.52. The van der Waals surface area contributed by atoms with Crippen LogP contribution in [0.25, 0.3) is 0 Å². The number of hydrogen-bond donors (Lipinski definition) is 1. The van der Waals surface area contributed by atoms with Crippen LogP contribution >= 0.6 is 0 Å². The molecule has 2 aromatic rings. The normalized spacial score (nSPS) is 10.6. The smallest absolute Gasteiger partial charge is 0.0946 e. The van der Waals surface area contributed by atoms with Crippen molar-refractivity contribution < 1.29 is 0 Å². The van der Waals surface area contributed by atoms with E-state index in [0.717, 1.165) is 26.1 Å². The molecule has 0 aliphatic carbocycles. The van der Waals surface area contributed by atoms with Gasteiger partial charge in [0.2, 0.25) is 0 Å². The zero-order chi connectivity index (χ0) is 11.8. The van der Waals surface area contributed by atoms with Gasteiger partial charge in [-0.3, -0.25) is 0 Å². The molecule has 0 radical (unpaired) electrons. The molecule has 1 aromatic heterocycles. The second-order valence-electron chi connectivity index (χ2n) is 4.14. The summed E-state index contributed by atoms with van der Waals surface area (Å²) in [5, 5.41) is 3.45. The average Bonchev–Trinajstić information content (AvgIpc) is 2.88. The van der Waals surface area contributed by atoms with Crippen molar-refractivity contribution in [2.45, 2.75) is 19.4 Å². The fourth-order valence-corrected chi connectivity index (χ4v) is 1.81. The van der Waals surface area contributed by atoms with Crippen LogP contribution in [0.4, 0.5) is 0 Å². The van der Waals surface area contributed by atoms with Gasteiger partial charge in [-0.1, -0.05) is 30.3 Å². The third-order valence-electron chi connectivity index (χ3n) is 2.77. The highest BCUT2D eigenvalue weighted by molar-refractivity contribution is 5.14. The fraction of sp³-hybridized carbons (Fsp3) is 0.357. The summed E-state index contributed by atoms with van der Waals surface area (Å²) in [4.78, 5) is 4.01. The number of benzene rings is 1. The van der Waals surface area contributed by atoms with E-state index < -0.39 is 0 Å². The van der Waals surface area contributed by atoms with Crippen molar-refractivity contribution >= 4 is 0 Å². The highest BCUT2D eigenvalue weighted by Crippen LogP contribution is 2.01. The lowest BCUT2D eigenvalue weighted by atomic mass is 10.1. The van der Waals surface area contributed by atoms with Crippen molar-refractivity contribution in [3.05, 3.63) is 54.6 Å². The van der Waals surface area contributed by atoms with Gasteiger partial charge in [0.15, 0.2) is 0 Å². The van der Waals surface area contributed by atoms with Gasteiger partial charge in [0.25, 0.3) is 0 Å². The maximum atomic E-state index is 4.01. The second kappa shape index (κ2) is 6.86. The Kier molecular flexibility index (Phi) is 4.79. The summed E-state index contributed by atoms with van der Waals surface area (Å²) < 4.78 is 2.09. The first-order valence-electron chi connectivity index (χ1n) is 6.15. The van der Waals surface area contributed by atoms with Gasteiger partial charge in [-0.15, -0.1) is 0 Å². The molecule has 1 aromatic carbocycles. The number of nitrogens with one attached hydrogen (secondary N) is 1. The molecule has 0 unspecified atom stereocenters. The van der Waals surface area contributed by atoms with Crippen LogP contribution in [-0.2, 0) is 13.0 Å². The lowest BCUT2D eigenvalue weighted by Crippen LogP contribution is -2.20. The molecule has 90 valence electrons. The highest BCUT2D eigenvalue weighted by Gasteiger charge is 1.92. The van der Waals surface area contributed by atoms with Crippen LogP contribution in [0.5, 0.6) is 0 Å². The quantitative estimate of drug-likeness (QED) is 0.737. The van der Waals surface area contributed by atoms with E-state index in [2.05, 4.69) is 45.2 Å². The molecular weight excluding hydrogens is 210 g/mol. The summed E-state index contributed by atoms with van der Waals surface area (Å²) in [7, 11) is 0. The molecule has 0 saturated carbocycles. The van der Waals surface area contributed by atoms with Gasteiger partial charge in [-0.05, 0) is 24.9 Å². The van der Waals surface area contributed by atoms with Crippen molar-refractivity contribution in [1.29, 1.82) is 0 Å². The summed E-state index contributed by atoms with van der Waals surface area (Å²) in [5.41, 5.74) is 1.42. The van der Waals surface area contributed by atoms with Crippen LogP contribution in [0.3, 0.4) is 0 Å². The minimum absolute atomic E-state index is 0.991. The maximum Gasteiger partial charge on any atom is 0.0946 e. The minimum Gasteiger partial charge on any atom is -0.336 e. The fourth-order valence-electron chi connectivity index (χ4n) is 1.81. The largest absolute Gasteiger partial charge is 0.336 e. The zero-order valence-electron chi connectivity index (χ0n) is 10.0. The van der Waals surface area contributed by atoms with Gasteiger partial charge in [0.05, 0.1) is 6.33 Å². The van der Waals surface area contributed by atoms with Gasteiger partial charge in [0, 0.05) is 25.5 Å². The third kappa shape index (κ3) is 4.41. The van der Waals surface area contributed by atoms with E-state index in [1.807, 2.05) is 18.7 Å². The molecule has 3 nitrogen and oxygen atoms in total. The van der Waals surface area contributed by atoms with E-state index >= 15 is 0 Å². The van der Waals surface area contributed by atoms with Crippen LogP contribution in [0.1, 0.15) is 12.0 Å². The summed E-state index contributed by atoms with van der Waals surface area (Å²) >= 11 is 0. The lowest BCUT2D eigenvalue weighted by molar-refractivity contribution is 0.583. The molecule has 0 aliphatic rings. The van der Waals surface area contributed by atoms with Crippen LogP contribution < -0.4 is 5.32 Å². The average molecular weight is 229 g/mol. The molecule has 0 saturated heterocycles. The lowest BCUT2D eigenvalue weighted by Gasteiger charge is -2.05. The molecule has 1 heterocycles. The second-order valence-corrected chi connectivity index (χ2v) is 4.14. The standard InChI is InChI=1S/C14H19N3/c1-2-5-14(6-3-1)7-4-8-15-9-11-17-12-10-16-13-17/h1-3,5-6,10,12-13,15H,4,7-9,11H2. The van der Waals surface area contributed by atoms with E-state index in [9.17, 15) is 0 Å². The molecule has 0 aliphatic heterocycles. The van der Waals surface area contributed by atoms with Gasteiger partial charge >= 0.3 is 0 Å². The third-order valence-corrected chi connectivity index (χ3v) is 2.77. The van der Waals surface area contributed by atoms with Gasteiger partial charge < -0.3 is 9.88 Å². The zero-order valence-corrected chi connectivity index (χ0v) is 10.0. The SMILES string of the molecule is c1ccc(CCCNCCn2ccnc2)cc1. The van der Waals surface area contributed by atoms with Crippen molar-refractivity contribution in [2.24, 2.45) is 0 Å². The monoisotopic (exact) mass is 229 g/mol. The molecule has 0 amide bonds. The van der Waals surface area contributed by atoms with E-state index in [1.54, 1.807) is 0 Å². The molecule has 0 bridgehead atoms. The molecular formula is C14H19N3. The van der Waals surface area contributed by atoms with Crippen molar-refractivity contribution in [3.63, 3.8) is 0 Å². The predicted molar refractivity (Wildman–Crippen MR) is 69.9 cm³/mol. The molecule has 0 spiro atoms. The summed E-state index contributed by atoms with van der Waals surface area (Å²) in [6.07, 6.45) is 8.00. The molecule has 1 N–H and O–H groups in total. The number of aryl methyl sites for hydroxylation is 1.